The van der Waals surface area contributed by atoms with Gasteiger partial charge in [0.25, 0.3) is 10.0 Å². The average molecular weight is 359 g/mol. The van der Waals surface area contributed by atoms with Gasteiger partial charge in [0.1, 0.15) is 0 Å². The summed E-state index contributed by atoms with van der Waals surface area (Å²) in [6.07, 6.45) is 1.41. The van der Waals surface area contributed by atoms with Gasteiger partial charge in [0.05, 0.1) is 16.6 Å². The van der Waals surface area contributed by atoms with Crippen LogP contribution < -0.4 is 14.7 Å². The summed E-state index contributed by atoms with van der Waals surface area (Å²) in [5.74, 6) is -2.15. The molecule has 0 aliphatic carbocycles. The molecule has 0 aliphatic heterocycles. The second-order valence-electron chi connectivity index (χ2n) is 4.97. The van der Waals surface area contributed by atoms with E-state index in [-0.39, 0.29) is 4.90 Å². The van der Waals surface area contributed by atoms with Crippen molar-refractivity contribution in [3.05, 3.63) is 66.7 Å². The Balaban J connectivity index is 2.16. The highest BCUT2D eigenvalue weighted by molar-refractivity contribution is 7.92. The van der Waals surface area contributed by atoms with Gasteiger partial charge in [0, 0.05) is 18.8 Å². The van der Waals surface area contributed by atoms with Crippen molar-refractivity contribution in [2.45, 2.75) is 4.90 Å². The highest BCUT2D eigenvalue weighted by Crippen LogP contribution is 2.22. The molecule has 0 fully saturated rings. The Hall–Kier alpha value is -3.13. The summed E-state index contributed by atoms with van der Waals surface area (Å²) >= 11 is 0. The number of carboxylic acids is 1. The van der Waals surface area contributed by atoms with Crippen LogP contribution in [0.3, 0.4) is 0 Å². The summed E-state index contributed by atoms with van der Waals surface area (Å²) in [5, 5.41) is 12.7. The van der Waals surface area contributed by atoms with Gasteiger partial charge in [-0.2, -0.15) is 0 Å². The van der Waals surface area contributed by atoms with Crippen LogP contribution in [0.25, 0.3) is 0 Å². The van der Waals surface area contributed by atoms with Gasteiger partial charge in [-0.15, -0.1) is 0 Å². The van der Waals surface area contributed by atoms with Gasteiger partial charge in [0.2, 0.25) is 5.91 Å². The van der Waals surface area contributed by atoms with Gasteiger partial charge in [-0.1, -0.05) is 18.2 Å². The van der Waals surface area contributed by atoms with E-state index in [4.69, 9.17) is 0 Å². The van der Waals surface area contributed by atoms with E-state index in [1.54, 1.807) is 30.3 Å². The number of nitrogens with zero attached hydrogens (tertiary/aromatic N) is 1. The number of rotatable bonds is 6. The molecule has 0 saturated carbocycles. The molecule has 0 heterocycles. The van der Waals surface area contributed by atoms with Crippen molar-refractivity contribution in [1.82, 2.24) is 0 Å². The second kappa shape index (κ2) is 7.63. The monoisotopic (exact) mass is 359 g/mol. The first-order chi connectivity index (χ1) is 11.8. The highest BCUT2D eigenvalue weighted by atomic mass is 32.2. The number of sulfonamides is 1. The smallest absolute Gasteiger partial charge is 0.264 e. The summed E-state index contributed by atoms with van der Waals surface area (Å²) in [7, 11) is -2.29. The van der Waals surface area contributed by atoms with Crippen molar-refractivity contribution in [2.75, 3.05) is 16.7 Å². The molecule has 130 valence electrons. The van der Waals surface area contributed by atoms with Crippen molar-refractivity contribution in [3.8, 4) is 0 Å². The molecule has 1 N–H and O–H groups in total. The van der Waals surface area contributed by atoms with E-state index < -0.39 is 21.9 Å². The molecular formula is C17H15N2O5S-. The lowest BCUT2D eigenvalue weighted by atomic mass is 10.3. The number of carbonyl (C=O) groups excluding carboxylic acids is 2. The fourth-order valence-corrected chi connectivity index (χ4v) is 3.17. The third-order valence-corrected chi connectivity index (χ3v) is 5.07. The molecule has 2 aromatic rings. The van der Waals surface area contributed by atoms with E-state index in [9.17, 15) is 23.1 Å². The van der Waals surface area contributed by atoms with E-state index in [0.717, 1.165) is 10.4 Å². The quantitative estimate of drug-likeness (QED) is 0.766. The lowest BCUT2D eigenvalue weighted by molar-refractivity contribution is -0.297. The van der Waals surface area contributed by atoms with Gasteiger partial charge < -0.3 is 15.2 Å². The van der Waals surface area contributed by atoms with Crippen molar-refractivity contribution >= 4 is 33.3 Å². The van der Waals surface area contributed by atoms with Crippen LogP contribution in [0, 0.1) is 0 Å². The Bertz CT molecular complexity index is 890. The highest BCUT2D eigenvalue weighted by Gasteiger charge is 2.20. The molecule has 0 spiro atoms. The first-order valence-corrected chi connectivity index (χ1v) is 8.59. The zero-order valence-corrected chi connectivity index (χ0v) is 14.1. The van der Waals surface area contributed by atoms with Gasteiger partial charge in [-0.25, -0.2) is 8.42 Å². The second-order valence-corrected chi connectivity index (χ2v) is 6.94. The number of hydrogen-bond donors (Lipinski definition) is 1. The normalized spacial score (nSPS) is 11.2. The summed E-state index contributed by atoms with van der Waals surface area (Å²) in [5.41, 5.74) is 0.849. The first kappa shape index (κ1) is 18.2. The SMILES string of the molecule is CN(c1ccccc1)S(=O)(=O)c1ccc(NC(=O)/C=C/C(=O)[O-])cc1. The van der Waals surface area contributed by atoms with Crippen molar-refractivity contribution in [1.29, 1.82) is 0 Å². The van der Waals surface area contributed by atoms with Crippen molar-refractivity contribution < 1.29 is 23.1 Å². The third kappa shape index (κ3) is 4.67. The molecule has 0 radical (unpaired) electrons. The third-order valence-electron chi connectivity index (χ3n) is 3.27. The minimum atomic E-state index is -3.74. The number of anilines is 2. The van der Waals surface area contributed by atoms with Crippen LogP contribution in [0.1, 0.15) is 0 Å². The predicted octanol–water partition coefficient (Wildman–Crippen LogP) is 0.756. The summed E-state index contributed by atoms with van der Waals surface area (Å²) in [6.45, 7) is 0. The Morgan fingerprint density at radius 2 is 1.60 bits per heavy atom. The van der Waals surface area contributed by atoms with Gasteiger partial charge in [-0.05, 0) is 42.5 Å². The minimum Gasteiger partial charge on any atom is -0.545 e. The average Bonchev–Trinajstić information content (AvgIpc) is 2.60. The van der Waals surface area contributed by atoms with Crippen LogP contribution >= 0.6 is 0 Å². The molecule has 1 amide bonds. The Morgan fingerprint density at radius 1 is 1.00 bits per heavy atom. The summed E-state index contributed by atoms with van der Waals surface area (Å²) in [4.78, 5) is 21.8. The molecule has 0 aromatic heterocycles. The molecule has 8 heteroatoms. The standard InChI is InChI=1S/C17H16N2O5S/c1-19(14-5-3-2-4-6-14)25(23,24)15-9-7-13(8-10-15)18-16(20)11-12-17(21)22/h2-12H,1H3,(H,18,20)(H,21,22)/p-1/b12-11+. The number of nitrogens with one attached hydrogen (secondary N) is 1. The number of carbonyl (C=O) groups is 2. The fraction of sp³-hybridized carbons (Fsp3) is 0.0588. The van der Waals surface area contributed by atoms with Crippen LogP contribution in [-0.2, 0) is 19.6 Å². The number of aliphatic carboxylic acids is 1. The van der Waals surface area contributed by atoms with E-state index in [1.807, 2.05) is 0 Å². The summed E-state index contributed by atoms with van der Waals surface area (Å²) < 4.78 is 26.4. The molecule has 0 unspecified atom stereocenters. The van der Waals surface area contributed by atoms with E-state index in [1.165, 1.54) is 31.3 Å². The molecule has 7 nitrogen and oxygen atoms in total. The van der Waals surface area contributed by atoms with E-state index >= 15 is 0 Å². The number of hydrogen-bond acceptors (Lipinski definition) is 5. The fourth-order valence-electron chi connectivity index (χ4n) is 1.97. The molecular weight excluding hydrogens is 344 g/mol. The first-order valence-electron chi connectivity index (χ1n) is 7.15. The number of carboxylic acid groups (broad SMARTS) is 1. The van der Waals surface area contributed by atoms with E-state index in [0.29, 0.717) is 17.5 Å². The van der Waals surface area contributed by atoms with Crippen LogP contribution in [-0.4, -0.2) is 27.3 Å². The molecule has 2 rings (SSSR count). The number of benzene rings is 2. The largest absolute Gasteiger partial charge is 0.545 e. The molecule has 0 saturated heterocycles. The molecule has 2 aromatic carbocycles. The molecule has 0 bridgehead atoms. The molecule has 25 heavy (non-hydrogen) atoms. The maximum absolute atomic E-state index is 12.6. The van der Waals surface area contributed by atoms with Crippen LogP contribution in [0.4, 0.5) is 11.4 Å². The summed E-state index contributed by atoms with van der Waals surface area (Å²) in [6, 6.07) is 14.1. The van der Waals surface area contributed by atoms with Crippen LogP contribution in [0.2, 0.25) is 0 Å². The number of para-hydroxylation sites is 1. The number of amides is 1. The predicted molar refractivity (Wildman–Crippen MR) is 91.2 cm³/mol. The topological polar surface area (TPSA) is 107 Å². The Morgan fingerprint density at radius 3 is 2.16 bits per heavy atom. The maximum Gasteiger partial charge on any atom is 0.264 e. The molecule has 0 atom stereocenters. The van der Waals surface area contributed by atoms with E-state index in [2.05, 4.69) is 5.32 Å². The molecule has 0 aliphatic rings. The Kier molecular flexibility index (Phi) is 5.56. The van der Waals surface area contributed by atoms with Crippen LogP contribution in [0.5, 0.6) is 0 Å². The van der Waals surface area contributed by atoms with Gasteiger partial charge in [0.15, 0.2) is 0 Å². The van der Waals surface area contributed by atoms with Crippen LogP contribution in [0.15, 0.2) is 71.6 Å². The lowest BCUT2D eigenvalue weighted by Gasteiger charge is -2.19. The van der Waals surface area contributed by atoms with Gasteiger partial charge >= 0.3 is 0 Å². The minimum absolute atomic E-state index is 0.0575. The van der Waals surface area contributed by atoms with Crippen molar-refractivity contribution in [3.63, 3.8) is 0 Å². The van der Waals surface area contributed by atoms with Crippen molar-refractivity contribution in [2.24, 2.45) is 0 Å². The zero-order chi connectivity index (χ0) is 18.4. The van der Waals surface area contributed by atoms with Gasteiger partial charge in [-0.3, -0.25) is 9.10 Å². The Labute approximate surface area is 145 Å². The lowest BCUT2D eigenvalue weighted by Crippen LogP contribution is -2.26. The maximum atomic E-state index is 12.6. The zero-order valence-electron chi connectivity index (χ0n) is 13.2.